The van der Waals surface area contributed by atoms with Gasteiger partial charge in [-0.15, -0.1) is 0 Å². The van der Waals surface area contributed by atoms with Gasteiger partial charge in [-0.05, 0) is 47.4 Å². The van der Waals surface area contributed by atoms with Gasteiger partial charge in [-0.1, -0.05) is 56.6 Å². The Kier molecular flexibility index (Phi) is 7.58. The van der Waals surface area contributed by atoms with Crippen molar-refractivity contribution < 1.29 is 14.3 Å². The second-order valence-corrected chi connectivity index (χ2v) is 9.00. The molecule has 3 rings (SSSR count). The third-order valence-corrected chi connectivity index (χ3v) is 5.39. The smallest absolute Gasteiger partial charge is 0.257 e. The van der Waals surface area contributed by atoms with E-state index in [2.05, 4.69) is 36.4 Å². The monoisotopic (exact) mass is 478 g/mol. The summed E-state index contributed by atoms with van der Waals surface area (Å²) in [4.78, 5) is 29.3. The fourth-order valence-electron chi connectivity index (χ4n) is 3.16. The average Bonchev–Trinajstić information content (AvgIpc) is 2.79. The first-order chi connectivity index (χ1) is 16.1. The molecular formula is C26H27ClN4O3. The summed E-state index contributed by atoms with van der Waals surface area (Å²) in [5, 5.41) is 5.69. The molecule has 8 heteroatoms. The molecule has 0 atom stereocenters. The zero-order chi connectivity index (χ0) is 24.9. The number of hydrogen-bond acceptors (Lipinski definition) is 4. The van der Waals surface area contributed by atoms with Crippen LogP contribution >= 0.6 is 11.6 Å². The lowest BCUT2D eigenvalue weighted by Gasteiger charge is -2.19. The predicted molar refractivity (Wildman–Crippen MR) is 136 cm³/mol. The summed E-state index contributed by atoms with van der Waals surface area (Å²) in [6, 6.07) is 19.0. The third kappa shape index (κ3) is 6.14. The number of nitrogens with two attached hydrogens (primary N) is 1. The summed E-state index contributed by atoms with van der Waals surface area (Å²) >= 11 is 6.10. The summed E-state index contributed by atoms with van der Waals surface area (Å²) in [6.07, 6.45) is 0. The van der Waals surface area contributed by atoms with Gasteiger partial charge in [-0.25, -0.2) is 4.99 Å². The fourth-order valence-corrected chi connectivity index (χ4v) is 3.39. The van der Waals surface area contributed by atoms with E-state index in [0.717, 1.165) is 5.56 Å². The van der Waals surface area contributed by atoms with Crippen molar-refractivity contribution in [3.8, 4) is 5.75 Å². The van der Waals surface area contributed by atoms with E-state index in [1.54, 1.807) is 54.6 Å². The van der Waals surface area contributed by atoms with E-state index in [4.69, 9.17) is 22.1 Å². The lowest BCUT2D eigenvalue weighted by atomic mass is 9.87. The van der Waals surface area contributed by atoms with Crippen LogP contribution in [0.4, 0.5) is 11.4 Å². The molecule has 0 radical (unpaired) electrons. The number of nitrogens with zero attached hydrogens (tertiary/aromatic N) is 1. The number of amides is 2. The average molecular weight is 479 g/mol. The van der Waals surface area contributed by atoms with Gasteiger partial charge in [0.25, 0.3) is 11.8 Å². The van der Waals surface area contributed by atoms with Crippen LogP contribution in [-0.4, -0.2) is 24.9 Å². The summed E-state index contributed by atoms with van der Waals surface area (Å²) < 4.78 is 5.38. The Morgan fingerprint density at radius 3 is 2.26 bits per heavy atom. The van der Waals surface area contributed by atoms with E-state index < -0.39 is 0 Å². The van der Waals surface area contributed by atoms with Gasteiger partial charge in [0, 0.05) is 11.6 Å². The Bertz CT molecular complexity index is 1230. The third-order valence-electron chi connectivity index (χ3n) is 5.06. The number of nitrogens with one attached hydrogen (secondary N) is 2. The van der Waals surface area contributed by atoms with Gasteiger partial charge < -0.3 is 15.8 Å². The number of benzene rings is 3. The SMILES string of the molecule is COc1cc(N=C(N)NC(=O)c2ccc(C(C)(C)C)cc2)ccc1NC(=O)c1ccccc1Cl. The van der Waals surface area contributed by atoms with E-state index >= 15 is 0 Å². The minimum atomic E-state index is -0.371. The Morgan fingerprint density at radius 1 is 0.971 bits per heavy atom. The van der Waals surface area contributed by atoms with Crippen molar-refractivity contribution >= 4 is 40.7 Å². The van der Waals surface area contributed by atoms with Crippen molar-refractivity contribution in [2.45, 2.75) is 26.2 Å². The zero-order valence-corrected chi connectivity index (χ0v) is 20.2. The van der Waals surface area contributed by atoms with Crippen LogP contribution in [0.25, 0.3) is 0 Å². The van der Waals surface area contributed by atoms with E-state index in [-0.39, 0.29) is 23.2 Å². The largest absolute Gasteiger partial charge is 0.494 e. The van der Waals surface area contributed by atoms with Crippen molar-refractivity contribution in [3.05, 3.63) is 88.4 Å². The van der Waals surface area contributed by atoms with E-state index in [9.17, 15) is 9.59 Å². The molecule has 7 nitrogen and oxygen atoms in total. The lowest BCUT2D eigenvalue weighted by Crippen LogP contribution is -2.36. The number of ether oxygens (including phenoxy) is 1. The molecule has 3 aromatic carbocycles. The van der Waals surface area contributed by atoms with Gasteiger partial charge in [-0.2, -0.15) is 0 Å². The molecule has 0 heterocycles. The minimum absolute atomic E-state index is 0.00641. The molecule has 176 valence electrons. The highest BCUT2D eigenvalue weighted by Crippen LogP contribution is 2.30. The standard InChI is InChI=1S/C26H27ClN4O3/c1-26(2,3)17-11-9-16(10-12-17)23(32)31-25(28)29-18-13-14-21(22(15-18)34-4)30-24(33)19-7-5-6-8-20(19)27/h5-15H,1-4H3,(H,30,33)(H3,28,29,31,32). The number of methoxy groups -OCH3 is 1. The maximum absolute atomic E-state index is 12.6. The van der Waals surface area contributed by atoms with Crippen LogP contribution in [0, 0.1) is 0 Å². The fraction of sp³-hybridized carbons (Fsp3) is 0.192. The van der Waals surface area contributed by atoms with Crippen LogP contribution in [0.2, 0.25) is 5.02 Å². The van der Waals surface area contributed by atoms with Crippen molar-refractivity contribution in [1.82, 2.24) is 5.32 Å². The molecule has 0 aliphatic heterocycles. The highest BCUT2D eigenvalue weighted by Gasteiger charge is 2.15. The number of carbonyl (C=O) groups excluding carboxylic acids is 2. The van der Waals surface area contributed by atoms with Gasteiger partial charge in [0.2, 0.25) is 5.96 Å². The molecule has 0 aliphatic carbocycles. The van der Waals surface area contributed by atoms with Gasteiger partial charge in [0.05, 0.1) is 29.1 Å². The molecular weight excluding hydrogens is 452 g/mol. The Balaban J connectivity index is 1.72. The summed E-state index contributed by atoms with van der Waals surface area (Å²) in [6.45, 7) is 6.32. The number of halogens is 1. The van der Waals surface area contributed by atoms with Gasteiger partial charge in [-0.3, -0.25) is 14.9 Å². The molecule has 34 heavy (non-hydrogen) atoms. The molecule has 2 amide bonds. The number of anilines is 1. The van der Waals surface area contributed by atoms with Crippen LogP contribution in [0.3, 0.4) is 0 Å². The molecule has 3 aromatic rings. The summed E-state index contributed by atoms with van der Waals surface area (Å²) in [5.74, 6) is -0.431. The van der Waals surface area contributed by atoms with Crippen molar-refractivity contribution in [2.24, 2.45) is 10.7 Å². The highest BCUT2D eigenvalue weighted by atomic mass is 35.5. The normalized spacial score (nSPS) is 11.6. The number of rotatable bonds is 5. The first-order valence-corrected chi connectivity index (χ1v) is 11.0. The first kappa shape index (κ1) is 24.8. The molecule has 4 N–H and O–H groups in total. The maximum atomic E-state index is 12.6. The van der Waals surface area contributed by atoms with Gasteiger partial charge in [0.15, 0.2) is 0 Å². The maximum Gasteiger partial charge on any atom is 0.257 e. The zero-order valence-electron chi connectivity index (χ0n) is 19.5. The quantitative estimate of drug-likeness (QED) is 0.343. The van der Waals surface area contributed by atoms with E-state index in [1.807, 2.05) is 12.1 Å². The summed E-state index contributed by atoms with van der Waals surface area (Å²) in [7, 11) is 1.47. The topological polar surface area (TPSA) is 106 Å². The van der Waals surface area contributed by atoms with Gasteiger partial charge >= 0.3 is 0 Å². The van der Waals surface area contributed by atoms with Crippen LogP contribution in [-0.2, 0) is 5.41 Å². The molecule has 0 saturated carbocycles. The summed E-state index contributed by atoms with van der Waals surface area (Å²) in [5.41, 5.74) is 8.75. The van der Waals surface area contributed by atoms with Crippen LogP contribution in [0.15, 0.2) is 71.7 Å². The predicted octanol–water partition coefficient (Wildman–Crippen LogP) is 5.27. The van der Waals surface area contributed by atoms with Crippen LogP contribution < -0.4 is 21.1 Å². The number of aliphatic imine (C=N–C) groups is 1. The molecule has 0 unspecified atom stereocenters. The molecule has 0 bridgehead atoms. The number of carbonyl (C=O) groups is 2. The second-order valence-electron chi connectivity index (χ2n) is 8.60. The van der Waals surface area contributed by atoms with Crippen LogP contribution in [0.5, 0.6) is 5.75 Å². The van der Waals surface area contributed by atoms with E-state index in [1.165, 1.54) is 7.11 Å². The van der Waals surface area contributed by atoms with Crippen molar-refractivity contribution in [1.29, 1.82) is 0 Å². The van der Waals surface area contributed by atoms with Gasteiger partial charge in [0.1, 0.15) is 5.75 Å². The molecule has 0 saturated heterocycles. The van der Waals surface area contributed by atoms with Crippen LogP contribution in [0.1, 0.15) is 47.1 Å². The van der Waals surface area contributed by atoms with Crippen molar-refractivity contribution in [3.63, 3.8) is 0 Å². The number of hydrogen-bond donors (Lipinski definition) is 3. The lowest BCUT2D eigenvalue weighted by molar-refractivity contribution is 0.0975. The first-order valence-electron chi connectivity index (χ1n) is 10.6. The molecule has 0 aromatic heterocycles. The Labute approximate surface area is 204 Å². The second kappa shape index (κ2) is 10.4. The van der Waals surface area contributed by atoms with Crippen molar-refractivity contribution in [2.75, 3.05) is 12.4 Å². The molecule has 0 aliphatic rings. The number of guanidine groups is 1. The highest BCUT2D eigenvalue weighted by molar-refractivity contribution is 6.34. The Morgan fingerprint density at radius 2 is 1.65 bits per heavy atom. The molecule has 0 fully saturated rings. The molecule has 0 spiro atoms. The Hall–Kier alpha value is -3.84. The van der Waals surface area contributed by atoms with E-state index in [0.29, 0.717) is 33.3 Å². The minimum Gasteiger partial charge on any atom is -0.494 e.